The van der Waals surface area contributed by atoms with E-state index in [4.69, 9.17) is 16.6 Å². The summed E-state index contributed by atoms with van der Waals surface area (Å²) in [5.41, 5.74) is 6.05. The Bertz CT molecular complexity index is 1530. The van der Waals surface area contributed by atoms with E-state index >= 15 is 0 Å². The lowest BCUT2D eigenvalue weighted by Crippen LogP contribution is -2.26. The van der Waals surface area contributed by atoms with E-state index in [0.29, 0.717) is 5.15 Å². The van der Waals surface area contributed by atoms with Crippen LogP contribution in [0.3, 0.4) is 0 Å². The number of nitrogens with zero attached hydrogens (tertiary/aromatic N) is 2. The molecule has 0 saturated carbocycles. The van der Waals surface area contributed by atoms with Crippen LogP contribution >= 0.6 is 11.6 Å². The van der Waals surface area contributed by atoms with Crippen molar-refractivity contribution in [3.63, 3.8) is 0 Å². The summed E-state index contributed by atoms with van der Waals surface area (Å²) < 4.78 is 0. The van der Waals surface area contributed by atoms with Gasteiger partial charge in [0.15, 0.2) is 0 Å². The van der Waals surface area contributed by atoms with Gasteiger partial charge in [-0.05, 0) is 55.8 Å². The van der Waals surface area contributed by atoms with Gasteiger partial charge in [-0.2, -0.15) is 0 Å². The Morgan fingerprint density at radius 3 is 2.22 bits per heavy atom. The van der Waals surface area contributed by atoms with Gasteiger partial charge in [0.2, 0.25) is 0 Å². The summed E-state index contributed by atoms with van der Waals surface area (Å²) >= 11 is 6.96. The molecule has 3 aromatic carbocycles. The minimum absolute atomic E-state index is 0.0450. The zero-order valence-electron chi connectivity index (χ0n) is 21.6. The maximum Gasteiger partial charge on any atom is 0.140 e. The molecule has 0 aliphatic carbocycles. The Balaban J connectivity index is 1.72. The average Bonchev–Trinajstić information content (AvgIpc) is 2.88. The van der Waals surface area contributed by atoms with Crippen molar-refractivity contribution in [1.82, 2.24) is 9.97 Å². The predicted molar refractivity (Wildman–Crippen MR) is 157 cm³/mol. The summed E-state index contributed by atoms with van der Waals surface area (Å²) in [4.78, 5) is 9.46. The van der Waals surface area contributed by atoms with Crippen molar-refractivity contribution in [2.75, 3.05) is 10.6 Å². The summed E-state index contributed by atoms with van der Waals surface area (Å²) in [5.74, 6) is 0.761. The van der Waals surface area contributed by atoms with Crippen LogP contribution in [0.1, 0.15) is 39.3 Å². The second-order valence-electron chi connectivity index (χ2n) is 10.3. The highest BCUT2D eigenvalue weighted by molar-refractivity contribution is 6.34. The van der Waals surface area contributed by atoms with Crippen molar-refractivity contribution >= 4 is 33.9 Å². The van der Waals surface area contributed by atoms with Crippen molar-refractivity contribution in [3.05, 3.63) is 108 Å². The topological polar surface area (TPSA) is 49.8 Å². The highest BCUT2D eigenvalue weighted by Crippen LogP contribution is 2.42. The molecule has 1 atom stereocenters. The molecule has 1 unspecified atom stereocenters. The molecule has 5 heteroatoms. The number of hydrogen-bond donors (Lipinski definition) is 2. The van der Waals surface area contributed by atoms with Crippen LogP contribution in [-0.2, 0) is 0 Å². The molecule has 0 bridgehead atoms. The van der Waals surface area contributed by atoms with Crippen LogP contribution in [-0.4, -0.2) is 15.5 Å². The maximum atomic E-state index is 6.96. The number of benzene rings is 3. The first-order valence-corrected chi connectivity index (χ1v) is 12.9. The molecular weight excluding hydrogens is 476 g/mol. The summed E-state index contributed by atoms with van der Waals surface area (Å²) in [6.45, 7) is 8.53. The lowest BCUT2D eigenvalue weighted by atomic mass is 9.94. The summed E-state index contributed by atoms with van der Waals surface area (Å²) in [5, 5.41) is 9.66. The van der Waals surface area contributed by atoms with Gasteiger partial charge in [-0.1, -0.05) is 90.5 Å². The second kappa shape index (κ2) is 10.2. The zero-order chi connectivity index (χ0) is 26.0. The molecule has 0 aliphatic rings. The third-order valence-electron chi connectivity index (χ3n) is 6.27. The fourth-order valence-corrected chi connectivity index (χ4v) is 4.98. The van der Waals surface area contributed by atoms with Gasteiger partial charge in [-0.25, -0.2) is 4.98 Å². The first-order chi connectivity index (χ1) is 17.8. The van der Waals surface area contributed by atoms with Crippen LogP contribution < -0.4 is 10.6 Å². The number of aromatic nitrogens is 2. The quantitative estimate of drug-likeness (QED) is 0.225. The van der Waals surface area contributed by atoms with Crippen LogP contribution in [0.15, 0.2) is 97.3 Å². The molecule has 2 N–H and O–H groups in total. The lowest BCUT2D eigenvalue weighted by Gasteiger charge is -2.23. The smallest absolute Gasteiger partial charge is 0.140 e. The summed E-state index contributed by atoms with van der Waals surface area (Å²) in [7, 11) is 0. The Labute approximate surface area is 223 Å². The number of rotatable bonds is 6. The van der Waals surface area contributed by atoms with Crippen LogP contribution in [0.25, 0.3) is 33.0 Å². The monoisotopic (exact) mass is 506 g/mol. The molecule has 37 heavy (non-hydrogen) atoms. The van der Waals surface area contributed by atoms with Gasteiger partial charge in [0.25, 0.3) is 0 Å². The van der Waals surface area contributed by atoms with Gasteiger partial charge >= 0.3 is 0 Å². The number of nitrogens with one attached hydrogen (secondary N) is 2. The maximum absolute atomic E-state index is 6.96. The zero-order valence-corrected chi connectivity index (χ0v) is 22.3. The Morgan fingerprint density at radius 2 is 1.51 bits per heavy atom. The molecule has 0 saturated heterocycles. The minimum Gasteiger partial charge on any atom is -0.379 e. The Kier molecular flexibility index (Phi) is 6.86. The summed E-state index contributed by atoms with van der Waals surface area (Å²) in [6.07, 6.45) is 3.69. The van der Waals surface area contributed by atoms with Crippen molar-refractivity contribution < 1.29 is 0 Å². The van der Waals surface area contributed by atoms with E-state index in [1.807, 2.05) is 24.5 Å². The highest BCUT2D eigenvalue weighted by Gasteiger charge is 2.20. The van der Waals surface area contributed by atoms with Crippen molar-refractivity contribution in [3.8, 4) is 22.3 Å². The number of pyridine rings is 2. The molecule has 2 aromatic heterocycles. The van der Waals surface area contributed by atoms with E-state index in [2.05, 4.69) is 116 Å². The summed E-state index contributed by atoms with van der Waals surface area (Å²) in [6, 6.07) is 29.3. The first-order valence-electron chi connectivity index (χ1n) is 12.5. The van der Waals surface area contributed by atoms with Crippen LogP contribution in [0, 0.1) is 0 Å². The van der Waals surface area contributed by atoms with Crippen LogP contribution in [0.4, 0.5) is 11.5 Å². The van der Waals surface area contributed by atoms with Gasteiger partial charge in [0.05, 0.1) is 5.69 Å². The highest BCUT2D eigenvalue weighted by atomic mass is 35.5. The van der Waals surface area contributed by atoms with E-state index in [1.165, 1.54) is 5.56 Å². The number of halogens is 1. The van der Waals surface area contributed by atoms with Crippen LogP contribution in [0.5, 0.6) is 0 Å². The van der Waals surface area contributed by atoms with E-state index in [0.717, 1.165) is 44.5 Å². The Hall–Kier alpha value is -3.89. The molecule has 5 rings (SSSR count). The van der Waals surface area contributed by atoms with E-state index in [-0.39, 0.29) is 11.6 Å². The molecule has 186 valence electrons. The van der Waals surface area contributed by atoms with Gasteiger partial charge < -0.3 is 10.6 Å². The van der Waals surface area contributed by atoms with Crippen molar-refractivity contribution in [2.24, 2.45) is 0 Å². The third-order valence-corrected chi connectivity index (χ3v) is 6.54. The van der Waals surface area contributed by atoms with Gasteiger partial charge in [-0.15, -0.1) is 0 Å². The SMILES string of the molecule is CC(Nc1nc(Cl)c(-c2cncc(NC(C)(C)C)c2)c2cccc(-c3ccccc3)c12)c1ccccc1. The van der Waals surface area contributed by atoms with E-state index in [9.17, 15) is 0 Å². The van der Waals surface area contributed by atoms with Gasteiger partial charge in [0, 0.05) is 40.5 Å². The second-order valence-corrected chi connectivity index (χ2v) is 10.7. The molecular formula is C32H31ClN4. The predicted octanol–water partition coefficient (Wildman–Crippen LogP) is 9.00. The average molecular weight is 507 g/mol. The molecule has 0 fully saturated rings. The van der Waals surface area contributed by atoms with E-state index in [1.54, 1.807) is 0 Å². The molecule has 2 heterocycles. The van der Waals surface area contributed by atoms with Crippen molar-refractivity contribution in [2.45, 2.75) is 39.3 Å². The minimum atomic E-state index is -0.0910. The molecule has 0 spiro atoms. The molecule has 5 aromatic rings. The standard InChI is InChI=1S/C32H31ClN4/c1-21(22-12-7-5-8-13-22)35-31-29-26(23-14-9-6-10-15-23)16-11-17-27(29)28(30(33)36-31)24-18-25(20-34-19-24)37-32(2,3)4/h5-21,37H,1-4H3,(H,35,36). The largest absolute Gasteiger partial charge is 0.379 e. The number of hydrogen-bond acceptors (Lipinski definition) is 4. The van der Waals surface area contributed by atoms with E-state index < -0.39 is 0 Å². The van der Waals surface area contributed by atoms with Gasteiger partial charge in [0.1, 0.15) is 11.0 Å². The molecule has 0 aliphatic heterocycles. The Morgan fingerprint density at radius 1 is 0.811 bits per heavy atom. The lowest BCUT2D eigenvalue weighted by molar-refractivity contribution is 0.633. The fraction of sp³-hybridized carbons (Fsp3) is 0.188. The van der Waals surface area contributed by atoms with Gasteiger partial charge in [-0.3, -0.25) is 4.98 Å². The molecule has 4 nitrogen and oxygen atoms in total. The number of anilines is 2. The third kappa shape index (κ3) is 5.45. The van der Waals surface area contributed by atoms with Crippen molar-refractivity contribution in [1.29, 1.82) is 0 Å². The molecule has 0 amide bonds. The fourth-order valence-electron chi connectivity index (χ4n) is 4.68. The molecule has 0 radical (unpaired) electrons. The van der Waals surface area contributed by atoms with Crippen LogP contribution in [0.2, 0.25) is 5.15 Å². The normalized spacial score (nSPS) is 12.4. The number of fused-ring (bicyclic) bond motifs is 1. The first kappa shape index (κ1) is 24.8.